The molecular formula is C22H28FN3O3. The molecule has 0 N–H and O–H groups in total. The Kier molecular flexibility index (Phi) is 4.48. The number of nitrogens with zero attached hydrogens (tertiary/aromatic N) is 3. The lowest BCUT2D eigenvalue weighted by molar-refractivity contribution is -0.122. The molecule has 0 spiro atoms. The molecule has 1 saturated carbocycles. The Morgan fingerprint density at radius 1 is 1.21 bits per heavy atom. The maximum atomic E-state index is 14.0. The number of ketones is 1. The van der Waals surface area contributed by atoms with Crippen molar-refractivity contribution in [3.8, 4) is 0 Å². The molecule has 0 aromatic carbocycles. The van der Waals surface area contributed by atoms with Gasteiger partial charge in [-0.3, -0.25) is 4.79 Å². The molecule has 1 saturated heterocycles. The van der Waals surface area contributed by atoms with Gasteiger partial charge in [-0.2, -0.15) is 0 Å². The van der Waals surface area contributed by atoms with E-state index in [4.69, 9.17) is 4.74 Å². The number of hydrogen-bond donors (Lipinski definition) is 0. The number of fused-ring (bicyclic) bond motifs is 2. The van der Waals surface area contributed by atoms with Gasteiger partial charge in [0.25, 0.3) is 0 Å². The van der Waals surface area contributed by atoms with Crippen molar-refractivity contribution in [1.82, 2.24) is 14.3 Å². The highest BCUT2D eigenvalue weighted by atomic mass is 19.1. The average molecular weight is 401 g/mol. The molecular weight excluding hydrogens is 373 g/mol. The molecule has 1 aliphatic carbocycles. The highest BCUT2D eigenvalue weighted by molar-refractivity contribution is 5.86. The number of carbonyl (C=O) groups is 2. The number of carbonyl (C=O) groups excluding carboxylic acids is 2. The van der Waals surface area contributed by atoms with Crippen molar-refractivity contribution in [1.29, 1.82) is 0 Å². The molecule has 156 valence electrons. The monoisotopic (exact) mass is 401 g/mol. The largest absolute Gasteiger partial charge is 0.444 e. The smallest absolute Gasteiger partial charge is 0.410 e. The average Bonchev–Trinajstić information content (AvgIpc) is 2.96. The zero-order chi connectivity index (χ0) is 21.1. The van der Waals surface area contributed by atoms with Gasteiger partial charge in [0.05, 0.1) is 6.20 Å². The Labute approximate surface area is 170 Å². The van der Waals surface area contributed by atoms with Gasteiger partial charge in [0.2, 0.25) is 0 Å². The molecule has 1 unspecified atom stereocenters. The van der Waals surface area contributed by atoms with E-state index in [1.54, 1.807) is 21.6 Å². The van der Waals surface area contributed by atoms with Crippen molar-refractivity contribution in [3.63, 3.8) is 0 Å². The number of halogens is 1. The van der Waals surface area contributed by atoms with Crippen molar-refractivity contribution < 1.29 is 18.7 Å². The van der Waals surface area contributed by atoms with Crippen LogP contribution < -0.4 is 0 Å². The molecule has 3 atom stereocenters. The highest BCUT2D eigenvalue weighted by Crippen LogP contribution is 2.53. The van der Waals surface area contributed by atoms with Crippen LogP contribution in [0.4, 0.5) is 9.18 Å². The Hall–Kier alpha value is -2.44. The lowest BCUT2D eigenvalue weighted by Gasteiger charge is -2.26. The van der Waals surface area contributed by atoms with Crippen LogP contribution in [0.15, 0.2) is 24.5 Å². The predicted octanol–water partition coefficient (Wildman–Crippen LogP) is 3.82. The van der Waals surface area contributed by atoms with Gasteiger partial charge < -0.3 is 14.0 Å². The third kappa shape index (κ3) is 3.63. The Bertz CT molecular complexity index is 963. The molecule has 2 aromatic heterocycles. The Balaban J connectivity index is 1.40. The second-order valence-corrected chi connectivity index (χ2v) is 9.96. The van der Waals surface area contributed by atoms with Crippen molar-refractivity contribution in [2.45, 2.75) is 52.1 Å². The van der Waals surface area contributed by atoms with Gasteiger partial charge in [0.15, 0.2) is 0 Å². The number of ether oxygens (including phenoxy) is 1. The van der Waals surface area contributed by atoms with Gasteiger partial charge in [0.1, 0.15) is 28.5 Å². The first-order valence-electron chi connectivity index (χ1n) is 10.1. The summed E-state index contributed by atoms with van der Waals surface area (Å²) in [6.45, 7) is 10.6. The van der Waals surface area contributed by atoms with Crippen LogP contribution in [-0.2, 0) is 14.9 Å². The van der Waals surface area contributed by atoms with Crippen LogP contribution in [-0.4, -0.2) is 44.9 Å². The van der Waals surface area contributed by atoms with Gasteiger partial charge in [0, 0.05) is 37.0 Å². The number of imidazole rings is 1. The molecule has 0 radical (unpaired) electrons. The van der Waals surface area contributed by atoms with E-state index in [1.807, 2.05) is 34.6 Å². The molecule has 2 fully saturated rings. The van der Waals surface area contributed by atoms with Gasteiger partial charge in [-0.15, -0.1) is 0 Å². The number of likely N-dealkylation sites (tertiary alicyclic amines) is 1. The van der Waals surface area contributed by atoms with Crippen LogP contribution in [0.5, 0.6) is 0 Å². The molecule has 3 heterocycles. The van der Waals surface area contributed by atoms with Gasteiger partial charge in [-0.05, 0) is 44.7 Å². The van der Waals surface area contributed by atoms with Crippen LogP contribution in [0.1, 0.15) is 46.9 Å². The molecule has 2 aliphatic rings. The summed E-state index contributed by atoms with van der Waals surface area (Å²) in [6, 6.07) is 3.04. The number of hydrogen-bond acceptors (Lipinski definition) is 4. The van der Waals surface area contributed by atoms with E-state index < -0.39 is 11.0 Å². The Morgan fingerprint density at radius 3 is 2.48 bits per heavy atom. The van der Waals surface area contributed by atoms with E-state index in [9.17, 15) is 14.0 Å². The van der Waals surface area contributed by atoms with Crippen LogP contribution in [0.3, 0.4) is 0 Å². The molecule has 7 heteroatoms. The van der Waals surface area contributed by atoms with Crippen molar-refractivity contribution >= 4 is 17.4 Å². The van der Waals surface area contributed by atoms with E-state index in [0.717, 1.165) is 0 Å². The summed E-state index contributed by atoms with van der Waals surface area (Å²) in [4.78, 5) is 31.3. The first-order valence-corrected chi connectivity index (χ1v) is 10.1. The maximum Gasteiger partial charge on any atom is 0.410 e. The summed E-state index contributed by atoms with van der Waals surface area (Å²) >= 11 is 0. The quantitative estimate of drug-likeness (QED) is 0.781. The van der Waals surface area contributed by atoms with Crippen molar-refractivity contribution in [3.05, 3.63) is 36.2 Å². The van der Waals surface area contributed by atoms with E-state index >= 15 is 0 Å². The first-order chi connectivity index (χ1) is 13.5. The third-order valence-corrected chi connectivity index (χ3v) is 5.96. The molecule has 1 aliphatic heterocycles. The summed E-state index contributed by atoms with van der Waals surface area (Å²) in [7, 11) is 0. The fourth-order valence-corrected chi connectivity index (χ4v) is 4.60. The minimum atomic E-state index is -0.518. The number of Topliss-reactive ketones (excluding diaryl/α,β-unsaturated/α-hetero) is 1. The topological polar surface area (TPSA) is 63.9 Å². The van der Waals surface area contributed by atoms with Crippen LogP contribution in [0.25, 0.3) is 5.52 Å². The second kappa shape index (κ2) is 6.54. The SMILES string of the molecule is CC(C)(C)OC(=O)N1C[C@@H]2C(C(=O)CC(C)(C)c3ncc4c(F)cccn34)[C@@H]2C1. The molecule has 6 nitrogen and oxygen atoms in total. The highest BCUT2D eigenvalue weighted by Gasteiger charge is 2.60. The summed E-state index contributed by atoms with van der Waals surface area (Å²) in [5, 5.41) is 0. The van der Waals surface area contributed by atoms with Crippen molar-refractivity contribution in [2.75, 3.05) is 13.1 Å². The fourth-order valence-electron chi connectivity index (χ4n) is 4.60. The number of piperidine rings is 1. The molecule has 0 bridgehead atoms. The normalized spacial score (nSPS) is 23.9. The van der Waals surface area contributed by atoms with Gasteiger partial charge in [-0.1, -0.05) is 13.8 Å². The summed E-state index contributed by atoms with van der Waals surface area (Å²) < 4.78 is 21.1. The molecule has 1 amide bonds. The van der Waals surface area contributed by atoms with E-state index in [2.05, 4.69) is 4.98 Å². The first kappa shape index (κ1) is 19.9. The molecule has 4 rings (SSSR count). The minimum Gasteiger partial charge on any atom is -0.444 e. The number of pyridine rings is 1. The number of amides is 1. The van der Waals surface area contributed by atoms with Crippen LogP contribution in [0.2, 0.25) is 0 Å². The maximum absolute atomic E-state index is 14.0. The van der Waals surface area contributed by atoms with Crippen LogP contribution in [0, 0.1) is 23.6 Å². The fraction of sp³-hybridized carbons (Fsp3) is 0.591. The van der Waals surface area contributed by atoms with Crippen molar-refractivity contribution in [2.24, 2.45) is 17.8 Å². The molecule has 29 heavy (non-hydrogen) atoms. The zero-order valence-corrected chi connectivity index (χ0v) is 17.6. The van der Waals surface area contributed by atoms with E-state index in [-0.39, 0.29) is 35.4 Å². The lowest BCUT2D eigenvalue weighted by Crippen LogP contribution is -2.37. The van der Waals surface area contributed by atoms with Gasteiger partial charge in [-0.25, -0.2) is 14.2 Å². The standard InChI is InChI=1S/C22H28FN3O3/c1-21(2,3)29-20(28)25-11-13-14(12-25)18(13)17(27)9-22(4,5)19-24-10-16-15(23)7-6-8-26(16)19/h6-8,10,13-14,18H,9,11-12H2,1-5H3/t13-,14+,18?. The number of aromatic nitrogens is 2. The van der Waals surface area contributed by atoms with E-state index in [1.165, 1.54) is 12.3 Å². The minimum absolute atomic E-state index is 0.00377. The summed E-state index contributed by atoms with van der Waals surface area (Å²) in [5.41, 5.74) is -0.617. The van der Waals surface area contributed by atoms with Gasteiger partial charge >= 0.3 is 6.09 Å². The second-order valence-electron chi connectivity index (χ2n) is 9.96. The predicted molar refractivity (Wildman–Crippen MR) is 106 cm³/mol. The Morgan fingerprint density at radius 2 is 1.86 bits per heavy atom. The summed E-state index contributed by atoms with van der Waals surface area (Å²) in [6.07, 6.45) is 3.33. The van der Waals surface area contributed by atoms with Crippen LogP contribution >= 0.6 is 0 Å². The zero-order valence-electron chi connectivity index (χ0n) is 17.6. The third-order valence-electron chi connectivity index (χ3n) is 5.96. The molecule has 2 aromatic rings. The lowest BCUT2D eigenvalue weighted by atomic mass is 9.84. The summed E-state index contributed by atoms with van der Waals surface area (Å²) in [5.74, 6) is 0.993. The number of rotatable bonds is 4. The van der Waals surface area contributed by atoms with E-state index in [0.29, 0.717) is 30.9 Å².